The molecule has 5 nitrogen and oxygen atoms in total. The molecule has 2 atom stereocenters. The summed E-state index contributed by atoms with van der Waals surface area (Å²) in [7, 11) is -1.80. The minimum absolute atomic E-state index is 0.0827. The fourth-order valence-electron chi connectivity index (χ4n) is 2.31. The van der Waals surface area contributed by atoms with E-state index in [4.69, 9.17) is 28.0 Å². The molecule has 0 amide bonds. The molecule has 0 aliphatic carbocycles. The van der Waals surface area contributed by atoms with Gasteiger partial charge in [-0.15, -0.1) is 0 Å². The topological polar surface area (TPSA) is 58.6 Å². The van der Waals surface area contributed by atoms with Gasteiger partial charge >= 0.3 is 0 Å². The number of benzene rings is 1. The van der Waals surface area contributed by atoms with Gasteiger partial charge < -0.3 is 0 Å². The molecule has 0 radical (unpaired) electrons. The summed E-state index contributed by atoms with van der Waals surface area (Å²) in [6, 6.07) is 4.67. The number of hydrogen-bond donors (Lipinski definition) is 1. The van der Waals surface area contributed by atoms with Crippen molar-refractivity contribution in [3.05, 3.63) is 33.8 Å². The van der Waals surface area contributed by atoms with Crippen LogP contribution in [0.5, 0.6) is 0 Å². The van der Waals surface area contributed by atoms with Gasteiger partial charge in [0.25, 0.3) is 0 Å². The Morgan fingerprint density at radius 3 is 2.80 bits per heavy atom. The van der Waals surface area contributed by atoms with Crippen molar-refractivity contribution in [2.24, 2.45) is 0 Å². The fraction of sp³-hybridized carbons (Fsp3) is 0.500. The zero-order valence-electron chi connectivity index (χ0n) is 11.1. The highest BCUT2D eigenvalue weighted by Gasteiger charge is 2.43. The molecule has 1 saturated heterocycles. The Morgan fingerprint density at radius 1 is 1.45 bits per heavy atom. The van der Waals surface area contributed by atoms with Crippen molar-refractivity contribution < 1.29 is 13.3 Å². The van der Waals surface area contributed by atoms with Gasteiger partial charge in [0.1, 0.15) is 5.25 Å². The third-order valence-electron chi connectivity index (χ3n) is 3.23. The van der Waals surface area contributed by atoms with Crippen LogP contribution in [0.2, 0.25) is 10.0 Å². The molecule has 1 aliphatic heterocycles. The maximum absolute atomic E-state index is 12.3. The molecule has 0 unspecified atom stereocenters. The molecule has 20 heavy (non-hydrogen) atoms. The Bertz CT molecular complexity index is 594. The number of hydroxylamine groups is 2. The molecule has 1 N–H and O–H groups in total. The molecule has 0 bridgehead atoms. The second-order valence-corrected chi connectivity index (χ2v) is 7.28. The van der Waals surface area contributed by atoms with Crippen LogP contribution >= 0.6 is 23.2 Å². The minimum atomic E-state index is -3.49. The lowest BCUT2D eigenvalue weighted by atomic mass is 10.0. The third-order valence-corrected chi connectivity index (χ3v) is 5.95. The highest BCUT2D eigenvalue weighted by molar-refractivity contribution is 7.90. The van der Waals surface area contributed by atoms with Crippen LogP contribution in [0.15, 0.2) is 18.2 Å². The first-order valence-electron chi connectivity index (χ1n) is 6.16. The first kappa shape index (κ1) is 16.0. The fourth-order valence-corrected chi connectivity index (χ4v) is 4.24. The molecule has 8 heteroatoms. The van der Waals surface area contributed by atoms with E-state index >= 15 is 0 Å². The van der Waals surface area contributed by atoms with Crippen molar-refractivity contribution in [2.75, 3.05) is 20.2 Å². The first-order chi connectivity index (χ1) is 9.38. The lowest BCUT2D eigenvalue weighted by Crippen LogP contribution is -2.39. The van der Waals surface area contributed by atoms with Crippen LogP contribution in [-0.2, 0) is 14.9 Å². The Morgan fingerprint density at radius 2 is 2.15 bits per heavy atom. The van der Waals surface area contributed by atoms with Crippen molar-refractivity contribution >= 4 is 33.2 Å². The quantitative estimate of drug-likeness (QED) is 0.914. The number of nitrogens with one attached hydrogen (secondary N) is 1. The molecule has 1 aromatic carbocycles. The van der Waals surface area contributed by atoms with Gasteiger partial charge in [0.2, 0.25) is 10.0 Å². The van der Waals surface area contributed by atoms with Crippen LogP contribution in [0.25, 0.3) is 0 Å². The molecule has 1 aromatic rings. The molecule has 1 aliphatic rings. The van der Waals surface area contributed by atoms with Gasteiger partial charge in [-0.05, 0) is 11.6 Å². The highest BCUT2D eigenvalue weighted by atomic mass is 35.5. The Balaban J connectivity index is 2.44. The SMILES string of the molecule is CCNS(=O)(=O)[C@H]1CON(C)[C@H]1c1cccc(Cl)c1Cl. The van der Waals surface area contributed by atoms with Gasteiger partial charge in [-0.1, -0.05) is 42.3 Å². The zero-order valence-corrected chi connectivity index (χ0v) is 13.5. The van der Waals surface area contributed by atoms with Crippen molar-refractivity contribution in [3.63, 3.8) is 0 Å². The largest absolute Gasteiger partial charge is 0.297 e. The van der Waals surface area contributed by atoms with Gasteiger partial charge in [-0.2, -0.15) is 5.06 Å². The zero-order chi connectivity index (χ0) is 14.9. The molecule has 112 valence electrons. The van der Waals surface area contributed by atoms with E-state index in [1.807, 2.05) is 0 Å². The number of sulfonamides is 1. The summed E-state index contributed by atoms with van der Waals surface area (Å²) < 4.78 is 27.0. The number of hydrogen-bond acceptors (Lipinski definition) is 4. The first-order valence-corrected chi connectivity index (χ1v) is 8.46. The minimum Gasteiger partial charge on any atom is -0.297 e. The molecule has 1 heterocycles. The monoisotopic (exact) mass is 338 g/mol. The smallest absolute Gasteiger partial charge is 0.218 e. The number of nitrogens with zero attached hydrogens (tertiary/aromatic N) is 1. The lowest BCUT2D eigenvalue weighted by Gasteiger charge is -2.24. The van der Waals surface area contributed by atoms with E-state index in [0.29, 0.717) is 22.2 Å². The van der Waals surface area contributed by atoms with Gasteiger partial charge in [0.05, 0.1) is 22.7 Å². The van der Waals surface area contributed by atoms with Gasteiger partial charge in [-0.3, -0.25) is 4.84 Å². The van der Waals surface area contributed by atoms with E-state index in [1.54, 1.807) is 32.2 Å². The van der Waals surface area contributed by atoms with E-state index in [0.717, 1.165) is 0 Å². The van der Waals surface area contributed by atoms with Crippen LogP contribution < -0.4 is 4.72 Å². The van der Waals surface area contributed by atoms with Crippen molar-refractivity contribution in [1.82, 2.24) is 9.79 Å². The van der Waals surface area contributed by atoms with Crippen LogP contribution in [0.4, 0.5) is 0 Å². The number of halogens is 2. The van der Waals surface area contributed by atoms with Crippen molar-refractivity contribution in [2.45, 2.75) is 18.2 Å². The molecule has 1 fully saturated rings. The summed E-state index contributed by atoms with van der Waals surface area (Å²) in [6.45, 7) is 2.15. The second-order valence-electron chi connectivity index (χ2n) is 4.51. The average Bonchev–Trinajstić information content (AvgIpc) is 2.75. The van der Waals surface area contributed by atoms with Gasteiger partial charge in [0.15, 0.2) is 0 Å². The van der Waals surface area contributed by atoms with Gasteiger partial charge in [0, 0.05) is 13.6 Å². The molecule has 0 aromatic heterocycles. The van der Waals surface area contributed by atoms with E-state index in [-0.39, 0.29) is 6.61 Å². The standard InChI is InChI=1S/C12H16Cl2N2O3S/c1-3-15-20(17,18)10-7-19-16(2)12(10)8-5-4-6-9(13)11(8)14/h4-6,10,12,15H,3,7H2,1-2H3/t10-,12-/m0/s1. The molecular weight excluding hydrogens is 323 g/mol. The molecule has 0 spiro atoms. The summed E-state index contributed by atoms with van der Waals surface area (Å²) in [5.74, 6) is 0. The van der Waals surface area contributed by atoms with Crippen LogP contribution in [0.1, 0.15) is 18.5 Å². The van der Waals surface area contributed by atoms with Gasteiger partial charge in [-0.25, -0.2) is 13.1 Å². The van der Waals surface area contributed by atoms with E-state index < -0.39 is 21.3 Å². The number of rotatable bonds is 4. The summed E-state index contributed by atoms with van der Waals surface area (Å²) >= 11 is 12.2. The predicted octanol–water partition coefficient (Wildman–Crippen LogP) is 2.22. The predicted molar refractivity (Wildman–Crippen MR) is 79.3 cm³/mol. The highest BCUT2D eigenvalue weighted by Crippen LogP contribution is 2.39. The Kier molecular flexibility index (Phi) is 4.94. The van der Waals surface area contributed by atoms with Crippen LogP contribution in [-0.4, -0.2) is 38.9 Å². The van der Waals surface area contributed by atoms with Crippen molar-refractivity contribution in [1.29, 1.82) is 0 Å². The average molecular weight is 339 g/mol. The van der Waals surface area contributed by atoms with E-state index in [2.05, 4.69) is 4.72 Å². The second kappa shape index (κ2) is 6.17. The Labute approximate surface area is 128 Å². The molecular formula is C12H16Cl2N2O3S. The van der Waals surface area contributed by atoms with Crippen LogP contribution in [0.3, 0.4) is 0 Å². The maximum Gasteiger partial charge on any atom is 0.218 e. The van der Waals surface area contributed by atoms with E-state index in [1.165, 1.54) is 5.06 Å². The maximum atomic E-state index is 12.3. The molecule has 2 rings (SSSR count). The normalized spacial score (nSPS) is 24.2. The van der Waals surface area contributed by atoms with E-state index in [9.17, 15) is 8.42 Å². The molecule has 0 saturated carbocycles. The van der Waals surface area contributed by atoms with Crippen molar-refractivity contribution in [3.8, 4) is 0 Å². The Hall–Kier alpha value is -0.370. The third kappa shape index (κ3) is 2.95. The van der Waals surface area contributed by atoms with Crippen LogP contribution in [0, 0.1) is 0 Å². The summed E-state index contributed by atoms with van der Waals surface area (Å²) in [5, 5.41) is 1.53. The summed E-state index contributed by atoms with van der Waals surface area (Å²) in [6.07, 6.45) is 0. The lowest BCUT2D eigenvalue weighted by molar-refractivity contribution is -0.110. The summed E-state index contributed by atoms with van der Waals surface area (Å²) in [5.41, 5.74) is 0.644. The summed E-state index contributed by atoms with van der Waals surface area (Å²) in [4.78, 5) is 5.37.